The van der Waals surface area contributed by atoms with Gasteiger partial charge >= 0.3 is 0 Å². The average molecular weight is 258 g/mol. The molecule has 96 valence electrons. The van der Waals surface area contributed by atoms with Crippen molar-refractivity contribution in [3.63, 3.8) is 0 Å². The number of aryl methyl sites for hydroxylation is 1. The van der Waals surface area contributed by atoms with Crippen LogP contribution in [0.25, 0.3) is 0 Å². The van der Waals surface area contributed by atoms with E-state index in [0.717, 1.165) is 0 Å². The van der Waals surface area contributed by atoms with Gasteiger partial charge in [-0.3, -0.25) is 14.8 Å². The number of aromatic nitrogens is 3. The highest BCUT2D eigenvalue weighted by Gasteiger charge is 2.15. The van der Waals surface area contributed by atoms with Crippen LogP contribution in [0, 0.1) is 21.4 Å². The molecule has 0 spiro atoms. The Morgan fingerprint density at radius 3 is 2.95 bits per heavy atom. The number of nitro benzene ring substituents is 1. The zero-order valence-electron chi connectivity index (χ0n) is 10.1. The number of anilines is 1. The second-order valence-electron chi connectivity index (χ2n) is 3.75. The zero-order chi connectivity index (χ0) is 13.8. The van der Waals surface area contributed by atoms with Gasteiger partial charge in [0, 0.05) is 13.1 Å². The number of rotatable bonds is 4. The van der Waals surface area contributed by atoms with Crippen LogP contribution in [0.5, 0.6) is 0 Å². The van der Waals surface area contributed by atoms with E-state index in [0.29, 0.717) is 18.1 Å². The van der Waals surface area contributed by atoms with Gasteiger partial charge in [0.05, 0.1) is 23.1 Å². The molecule has 1 aromatic carbocycles. The summed E-state index contributed by atoms with van der Waals surface area (Å²) in [6.07, 6.45) is 1.41. The third-order valence-corrected chi connectivity index (χ3v) is 2.57. The number of benzene rings is 1. The molecule has 0 aliphatic carbocycles. The van der Waals surface area contributed by atoms with E-state index in [9.17, 15) is 10.1 Å². The van der Waals surface area contributed by atoms with E-state index in [1.54, 1.807) is 11.7 Å². The summed E-state index contributed by atoms with van der Waals surface area (Å²) in [5.41, 5.74) is 0.448. The second-order valence-corrected chi connectivity index (χ2v) is 3.75. The molecule has 2 rings (SSSR count). The van der Waals surface area contributed by atoms with Crippen molar-refractivity contribution < 1.29 is 4.92 Å². The van der Waals surface area contributed by atoms with Crippen molar-refractivity contribution in [3.05, 3.63) is 46.0 Å². The topological polar surface area (TPSA) is 110 Å². The fourth-order valence-corrected chi connectivity index (χ4v) is 1.56. The Morgan fingerprint density at radius 2 is 2.37 bits per heavy atom. The number of hydrogen-bond acceptors (Lipinski definition) is 6. The summed E-state index contributed by atoms with van der Waals surface area (Å²) in [7, 11) is 1.73. The minimum atomic E-state index is -0.528. The lowest BCUT2D eigenvalue weighted by atomic mass is 10.2. The fourth-order valence-electron chi connectivity index (χ4n) is 1.56. The van der Waals surface area contributed by atoms with E-state index in [4.69, 9.17) is 5.26 Å². The first-order chi connectivity index (χ1) is 9.11. The first kappa shape index (κ1) is 12.5. The van der Waals surface area contributed by atoms with E-state index in [1.165, 1.54) is 24.5 Å². The smallest absolute Gasteiger partial charge is 0.293 e. The lowest BCUT2D eigenvalue weighted by Crippen LogP contribution is -2.08. The molecule has 0 amide bonds. The number of nitro groups is 1. The lowest BCUT2D eigenvalue weighted by molar-refractivity contribution is -0.384. The van der Waals surface area contributed by atoms with Crippen LogP contribution in [0.2, 0.25) is 0 Å². The summed E-state index contributed by atoms with van der Waals surface area (Å²) in [5, 5.41) is 26.5. The maximum atomic E-state index is 10.9. The van der Waals surface area contributed by atoms with Gasteiger partial charge in [0.1, 0.15) is 17.8 Å². The zero-order valence-corrected chi connectivity index (χ0v) is 10.1. The van der Waals surface area contributed by atoms with Crippen LogP contribution in [-0.2, 0) is 13.6 Å². The van der Waals surface area contributed by atoms with Crippen molar-refractivity contribution >= 4 is 11.4 Å². The molecule has 0 aliphatic heterocycles. The summed E-state index contributed by atoms with van der Waals surface area (Å²) < 4.78 is 1.57. The first-order valence-electron chi connectivity index (χ1n) is 5.37. The van der Waals surface area contributed by atoms with Crippen LogP contribution in [0.15, 0.2) is 24.5 Å². The van der Waals surface area contributed by atoms with Crippen LogP contribution < -0.4 is 5.32 Å². The molecule has 0 bridgehead atoms. The van der Waals surface area contributed by atoms with E-state index in [1.807, 2.05) is 6.07 Å². The van der Waals surface area contributed by atoms with E-state index in [2.05, 4.69) is 15.4 Å². The quantitative estimate of drug-likeness (QED) is 0.651. The SMILES string of the molecule is Cn1ncnc1CNc1ccc(C#N)cc1[N+](=O)[O-]. The molecule has 2 aromatic rings. The summed E-state index contributed by atoms with van der Waals surface area (Å²) in [5.74, 6) is 0.652. The first-order valence-corrected chi connectivity index (χ1v) is 5.37. The van der Waals surface area contributed by atoms with Crippen LogP contribution >= 0.6 is 0 Å². The lowest BCUT2D eigenvalue weighted by Gasteiger charge is -2.06. The summed E-state index contributed by atoms with van der Waals surface area (Å²) in [6, 6.07) is 6.13. The summed E-state index contributed by atoms with van der Waals surface area (Å²) in [6.45, 7) is 0.309. The minimum Gasteiger partial charge on any atom is -0.372 e. The standard InChI is InChI=1S/C11H10N6O2/c1-16-11(14-7-15-16)6-13-9-3-2-8(5-12)4-10(9)17(18)19/h2-4,7,13H,6H2,1H3. The molecular weight excluding hydrogens is 248 g/mol. The van der Waals surface area contributed by atoms with Crippen LogP contribution in [0.4, 0.5) is 11.4 Å². The highest BCUT2D eigenvalue weighted by molar-refractivity contribution is 5.63. The van der Waals surface area contributed by atoms with Gasteiger partial charge in [0.25, 0.3) is 5.69 Å². The molecule has 0 aliphatic rings. The highest BCUT2D eigenvalue weighted by Crippen LogP contribution is 2.25. The Bertz CT molecular complexity index is 657. The molecule has 0 saturated carbocycles. The monoisotopic (exact) mass is 258 g/mol. The Morgan fingerprint density at radius 1 is 1.58 bits per heavy atom. The number of nitriles is 1. The number of hydrogen-bond donors (Lipinski definition) is 1. The van der Waals surface area contributed by atoms with Crippen LogP contribution in [-0.4, -0.2) is 19.7 Å². The molecular formula is C11H10N6O2. The number of nitrogens with zero attached hydrogens (tertiary/aromatic N) is 5. The minimum absolute atomic E-state index is 0.138. The Balaban J connectivity index is 2.23. The highest BCUT2D eigenvalue weighted by atomic mass is 16.6. The molecule has 1 aromatic heterocycles. The third-order valence-electron chi connectivity index (χ3n) is 2.57. The van der Waals surface area contributed by atoms with Crippen molar-refractivity contribution in [2.45, 2.75) is 6.54 Å². The molecule has 1 N–H and O–H groups in total. The molecule has 0 radical (unpaired) electrons. The van der Waals surface area contributed by atoms with Crippen molar-refractivity contribution in [1.29, 1.82) is 5.26 Å². The Kier molecular flexibility index (Phi) is 3.38. The van der Waals surface area contributed by atoms with Crippen molar-refractivity contribution in [2.75, 3.05) is 5.32 Å². The number of nitrogens with one attached hydrogen (secondary N) is 1. The van der Waals surface area contributed by atoms with Crippen molar-refractivity contribution in [1.82, 2.24) is 14.8 Å². The fraction of sp³-hybridized carbons (Fsp3) is 0.182. The van der Waals surface area contributed by atoms with E-state index in [-0.39, 0.29) is 11.3 Å². The van der Waals surface area contributed by atoms with Gasteiger partial charge < -0.3 is 5.32 Å². The van der Waals surface area contributed by atoms with Crippen molar-refractivity contribution in [2.24, 2.45) is 7.05 Å². The van der Waals surface area contributed by atoms with Crippen LogP contribution in [0.3, 0.4) is 0 Å². The maximum absolute atomic E-state index is 10.9. The summed E-state index contributed by atoms with van der Waals surface area (Å²) in [4.78, 5) is 14.4. The van der Waals surface area contributed by atoms with Crippen LogP contribution in [0.1, 0.15) is 11.4 Å². The normalized spacial score (nSPS) is 9.89. The predicted molar refractivity (Wildman–Crippen MR) is 66.1 cm³/mol. The maximum Gasteiger partial charge on any atom is 0.293 e. The Labute approximate surface area is 108 Å². The summed E-state index contributed by atoms with van der Waals surface area (Å²) >= 11 is 0. The second kappa shape index (κ2) is 5.14. The molecule has 19 heavy (non-hydrogen) atoms. The Hall–Kier alpha value is -2.95. The largest absolute Gasteiger partial charge is 0.372 e. The third kappa shape index (κ3) is 2.66. The average Bonchev–Trinajstić information content (AvgIpc) is 2.81. The molecule has 0 fully saturated rings. The van der Waals surface area contributed by atoms with Gasteiger partial charge in [0.15, 0.2) is 0 Å². The molecule has 0 unspecified atom stereocenters. The van der Waals surface area contributed by atoms with Crippen molar-refractivity contribution in [3.8, 4) is 6.07 Å². The van der Waals surface area contributed by atoms with Gasteiger partial charge in [-0.25, -0.2) is 4.98 Å². The van der Waals surface area contributed by atoms with Gasteiger partial charge in [-0.1, -0.05) is 0 Å². The molecule has 0 saturated heterocycles. The van der Waals surface area contributed by atoms with E-state index >= 15 is 0 Å². The predicted octanol–water partition coefficient (Wildman–Crippen LogP) is 1.21. The molecule has 0 atom stereocenters. The van der Waals surface area contributed by atoms with Gasteiger partial charge in [-0.15, -0.1) is 0 Å². The van der Waals surface area contributed by atoms with Gasteiger partial charge in [0.2, 0.25) is 0 Å². The van der Waals surface area contributed by atoms with E-state index < -0.39 is 4.92 Å². The molecule has 8 nitrogen and oxygen atoms in total. The molecule has 1 heterocycles. The molecule has 8 heteroatoms. The van der Waals surface area contributed by atoms with Gasteiger partial charge in [-0.05, 0) is 12.1 Å². The van der Waals surface area contributed by atoms with Gasteiger partial charge in [-0.2, -0.15) is 10.4 Å².